The van der Waals surface area contributed by atoms with Gasteiger partial charge >= 0.3 is 0 Å². The number of thioether (sulfide) groups is 1. The molecule has 0 aromatic carbocycles. The molecule has 1 N–H and O–H groups in total. The predicted molar refractivity (Wildman–Crippen MR) is 57.1 cm³/mol. The van der Waals surface area contributed by atoms with E-state index in [2.05, 4.69) is 17.1 Å². The van der Waals surface area contributed by atoms with Crippen LogP contribution in [0.25, 0.3) is 0 Å². The largest absolute Gasteiger partial charge is 0.378 e. The van der Waals surface area contributed by atoms with Crippen LogP contribution < -0.4 is 5.32 Å². The van der Waals surface area contributed by atoms with Crippen LogP contribution in [0.5, 0.6) is 0 Å². The maximum absolute atomic E-state index is 5.44. The third-order valence-corrected chi connectivity index (χ3v) is 4.28. The third-order valence-electron chi connectivity index (χ3n) is 2.80. The molecule has 1 unspecified atom stereocenters. The van der Waals surface area contributed by atoms with Crippen LogP contribution in [0.1, 0.15) is 32.1 Å². The quantitative estimate of drug-likeness (QED) is 0.738. The molecule has 1 aliphatic carbocycles. The second kappa shape index (κ2) is 5.23. The molecule has 0 radical (unpaired) electrons. The van der Waals surface area contributed by atoms with E-state index < -0.39 is 0 Å². The van der Waals surface area contributed by atoms with E-state index in [9.17, 15) is 0 Å². The standard InChI is InChI=1S/C10H19NOS/c1-2-4-9(5-3-1)13-10-8-12-7-6-11-10/h9-11H,1-8H2. The number of ether oxygens (including phenoxy) is 1. The molecule has 0 aromatic rings. The normalized spacial score (nSPS) is 31.8. The van der Waals surface area contributed by atoms with Gasteiger partial charge in [0.2, 0.25) is 0 Å². The number of rotatable bonds is 2. The molecule has 2 fully saturated rings. The van der Waals surface area contributed by atoms with Crippen molar-refractivity contribution < 1.29 is 4.74 Å². The highest BCUT2D eigenvalue weighted by molar-refractivity contribution is 8.00. The van der Waals surface area contributed by atoms with Gasteiger partial charge in [0, 0.05) is 11.8 Å². The Bertz CT molecular complexity index is 126. The number of hydrogen-bond acceptors (Lipinski definition) is 3. The van der Waals surface area contributed by atoms with Crippen molar-refractivity contribution >= 4 is 11.8 Å². The molecule has 2 aliphatic rings. The van der Waals surface area contributed by atoms with Crippen LogP contribution in [-0.2, 0) is 4.74 Å². The number of nitrogens with one attached hydrogen (secondary N) is 1. The Hall–Kier alpha value is 0.270. The van der Waals surface area contributed by atoms with E-state index in [1.54, 1.807) is 0 Å². The van der Waals surface area contributed by atoms with Gasteiger partial charge in [0.15, 0.2) is 0 Å². The summed E-state index contributed by atoms with van der Waals surface area (Å²) in [5.41, 5.74) is 0. The summed E-state index contributed by atoms with van der Waals surface area (Å²) >= 11 is 2.11. The van der Waals surface area contributed by atoms with Gasteiger partial charge < -0.3 is 10.1 Å². The summed E-state index contributed by atoms with van der Waals surface area (Å²) in [6.45, 7) is 2.83. The van der Waals surface area contributed by atoms with Crippen LogP contribution in [0.3, 0.4) is 0 Å². The van der Waals surface area contributed by atoms with Crippen molar-refractivity contribution in [2.45, 2.75) is 42.7 Å². The van der Waals surface area contributed by atoms with Gasteiger partial charge in [-0.05, 0) is 12.8 Å². The zero-order chi connectivity index (χ0) is 8.93. The summed E-state index contributed by atoms with van der Waals surface area (Å²) < 4.78 is 5.44. The van der Waals surface area contributed by atoms with Crippen LogP contribution in [0.2, 0.25) is 0 Å². The van der Waals surface area contributed by atoms with Gasteiger partial charge in [-0.3, -0.25) is 0 Å². The highest BCUT2D eigenvalue weighted by atomic mass is 32.2. The molecule has 2 nitrogen and oxygen atoms in total. The molecule has 0 amide bonds. The zero-order valence-electron chi connectivity index (χ0n) is 8.13. The molecule has 1 atom stereocenters. The van der Waals surface area contributed by atoms with Crippen molar-refractivity contribution in [2.24, 2.45) is 0 Å². The van der Waals surface area contributed by atoms with Gasteiger partial charge in [-0.2, -0.15) is 0 Å². The molecule has 3 heteroatoms. The Kier molecular flexibility index (Phi) is 3.94. The smallest absolute Gasteiger partial charge is 0.0773 e. The van der Waals surface area contributed by atoms with E-state index in [0.29, 0.717) is 5.37 Å². The Morgan fingerprint density at radius 2 is 2.00 bits per heavy atom. The third kappa shape index (κ3) is 3.15. The fourth-order valence-electron chi connectivity index (χ4n) is 2.06. The fourth-order valence-corrected chi connectivity index (χ4v) is 3.52. The number of morpholine rings is 1. The lowest BCUT2D eigenvalue weighted by Gasteiger charge is -2.29. The molecule has 1 saturated carbocycles. The minimum atomic E-state index is 0.567. The van der Waals surface area contributed by atoms with E-state index in [0.717, 1.165) is 25.0 Å². The van der Waals surface area contributed by atoms with Crippen LogP contribution in [0.4, 0.5) is 0 Å². The van der Waals surface area contributed by atoms with Gasteiger partial charge in [-0.15, -0.1) is 11.8 Å². The molecule has 76 valence electrons. The second-order valence-electron chi connectivity index (χ2n) is 3.91. The zero-order valence-corrected chi connectivity index (χ0v) is 8.94. The van der Waals surface area contributed by atoms with E-state index in [-0.39, 0.29) is 0 Å². The van der Waals surface area contributed by atoms with Gasteiger partial charge in [-0.1, -0.05) is 19.3 Å². The van der Waals surface area contributed by atoms with E-state index >= 15 is 0 Å². The summed E-state index contributed by atoms with van der Waals surface area (Å²) in [7, 11) is 0. The first kappa shape index (κ1) is 9.81. The van der Waals surface area contributed by atoms with Crippen LogP contribution in [-0.4, -0.2) is 30.4 Å². The Labute approximate surface area is 84.8 Å². The van der Waals surface area contributed by atoms with Crippen molar-refractivity contribution in [3.63, 3.8) is 0 Å². The number of hydrogen-bond donors (Lipinski definition) is 1. The van der Waals surface area contributed by atoms with Gasteiger partial charge in [0.05, 0.1) is 18.6 Å². The van der Waals surface area contributed by atoms with Gasteiger partial charge in [-0.25, -0.2) is 0 Å². The first-order valence-corrected chi connectivity index (χ1v) is 6.36. The molecular weight excluding hydrogens is 182 g/mol. The maximum atomic E-state index is 5.44. The average molecular weight is 201 g/mol. The molecule has 0 spiro atoms. The van der Waals surface area contributed by atoms with Gasteiger partial charge in [0.25, 0.3) is 0 Å². The molecule has 0 bridgehead atoms. The first-order chi connectivity index (χ1) is 6.45. The molecule has 2 rings (SSSR count). The van der Waals surface area contributed by atoms with Crippen LogP contribution in [0.15, 0.2) is 0 Å². The molecule has 0 aromatic heterocycles. The Morgan fingerprint density at radius 3 is 2.69 bits per heavy atom. The van der Waals surface area contributed by atoms with Crippen LogP contribution >= 0.6 is 11.8 Å². The molecular formula is C10H19NOS. The van der Waals surface area contributed by atoms with Crippen molar-refractivity contribution in [3.05, 3.63) is 0 Å². The lowest BCUT2D eigenvalue weighted by atomic mass is 10.0. The molecule has 1 heterocycles. The minimum Gasteiger partial charge on any atom is -0.378 e. The summed E-state index contributed by atoms with van der Waals surface area (Å²) in [6, 6.07) is 0. The highest BCUT2D eigenvalue weighted by Gasteiger charge is 2.20. The van der Waals surface area contributed by atoms with Crippen molar-refractivity contribution in [1.29, 1.82) is 0 Å². The van der Waals surface area contributed by atoms with Crippen molar-refractivity contribution in [3.8, 4) is 0 Å². The molecule has 1 saturated heterocycles. The lowest BCUT2D eigenvalue weighted by molar-refractivity contribution is 0.100. The fraction of sp³-hybridized carbons (Fsp3) is 1.00. The topological polar surface area (TPSA) is 21.3 Å². The lowest BCUT2D eigenvalue weighted by Crippen LogP contribution is -2.40. The van der Waals surface area contributed by atoms with E-state index in [4.69, 9.17) is 4.74 Å². The summed E-state index contributed by atoms with van der Waals surface area (Å²) in [5.74, 6) is 0. The summed E-state index contributed by atoms with van der Waals surface area (Å²) in [4.78, 5) is 0. The Balaban J connectivity index is 1.69. The van der Waals surface area contributed by atoms with E-state index in [1.165, 1.54) is 32.1 Å². The molecule has 13 heavy (non-hydrogen) atoms. The van der Waals surface area contributed by atoms with Crippen molar-refractivity contribution in [1.82, 2.24) is 5.32 Å². The summed E-state index contributed by atoms with van der Waals surface area (Å²) in [5, 5.41) is 4.97. The first-order valence-electron chi connectivity index (χ1n) is 5.42. The average Bonchev–Trinajstić information content (AvgIpc) is 2.21. The maximum Gasteiger partial charge on any atom is 0.0773 e. The SMILES string of the molecule is C1CCC(SC2COCCN2)CC1. The molecule has 1 aliphatic heterocycles. The second-order valence-corrected chi connectivity index (χ2v) is 5.42. The predicted octanol–water partition coefficient (Wildman–Crippen LogP) is 2.00. The summed E-state index contributed by atoms with van der Waals surface area (Å²) in [6.07, 6.45) is 7.16. The van der Waals surface area contributed by atoms with E-state index in [1.807, 2.05) is 0 Å². The Morgan fingerprint density at radius 1 is 1.15 bits per heavy atom. The monoisotopic (exact) mass is 201 g/mol. The van der Waals surface area contributed by atoms with Gasteiger partial charge in [0.1, 0.15) is 0 Å². The van der Waals surface area contributed by atoms with Crippen LogP contribution in [0, 0.1) is 0 Å². The van der Waals surface area contributed by atoms with Crippen molar-refractivity contribution in [2.75, 3.05) is 19.8 Å². The minimum absolute atomic E-state index is 0.567. The highest BCUT2D eigenvalue weighted by Crippen LogP contribution is 2.30.